The SMILES string of the molecule is O=C(O)c1ccc(N2CCCCS2(=O)=O)c(F)c1. The Hall–Kier alpha value is -1.63. The first-order valence-electron chi connectivity index (χ1n) is 5.45. The second-order valence-corrected chi connectivity index (χ2v) is 6.08. The predicted octanol–water partition coefficient (Wildman–Crippen LogP) is 1.45. The number of carboxylic acids is 1. The van der Waals surface area contributed by atoms with Gasteiger partial charge < -0.3 is 5.11 Å². The number of nitrogens with zero attached hydrogens (tertiary/aromatic N) is 1. The van der Waals surface area contributed by atoms with Crippen molar-refractivity contribution in [2.45, 2.75) is 12.8 Å². The average Bonchev–Trinajstić information content (AvgIpc) is 2.29. The fraction of sp³-hybridized carbons (Fsp3) is 0.364. The summed E-state index contributed by atoms with van der Waals surface area (Å²) in [7, 11) is -3.49. The maximum atomic E-state index is 13.8. The highest BCUT2D eigenvalue weighted by Gasteiger charge is 2.28. The molecule has 1 heterocycles. The van der Waals surface area contributed by atoms with Crippen LogP contribution in [0.1, 0.15) is 23.2 Å². The molecule has 5 nitrogen and oxygen atoms in total. The second-order valence-electron chi connectivity index (χ2n) is 4.07. The predicted molar refractivity (Wildman–Crippen MR) is 63.7 cm³/mol. The summed E-state index contributed by atoms with van der Waals surface area (Å²) in [5.41, 5.74) is -0.287. The lowest BCUT2D eigenvalue weighted by Gasteiger charge is -2.28. The molecule has 1 aromatic carbocycles. The van der Waals surface area contributed by atoms with Crippen molar-refractivity contribution in [3.63, 3.8) is 0 Å². The minimum atomic E-state index is -3.49. The molecule has 0 atom stereocenters. The normalized spacial score (nSPS) is 18.6. The fourth-order valence-electron chi connectivity index (χ4n) is 1.90. The van der Waals surface area contributed by atoms with Crippen molar-refractivity contribution in [2.75, 3.05) is 16.6 Å². The number of anilines is 1. The summed E-state index contributed by atoms with van der Waals surface area (Å²) >= 11 is 0. The molecule has 0 spiro atoms. The van der Waals surface area contributed by atoms with Gasteiger partial charge in [-0.05, 0) is 31.0 Å². The summed E-state index contributed by atoms with van der Waals surface area (Å²) in [4.78, 5) is 10.7. The van der Waals surface area contributed by atoms with Crippen molar-refractivity contribution in [1.29, 1.82) is 0 Å². The van der Waals surface area contributed by atoms with E-state index < -0.39 is 21.8 Å². The molecule has 0 saturated carbocycles. The van der Waals surface area contributed by atoms with Crippen LogP contribution in [-0.4, -0.2) is 31.8 Å². The van der Waals surface area contributed by atoms with E-state index in [4.69, 9.17) is 5.11 Å². The van der Waals surface area contributed by atoms with Crippen LogP contribution in [0.4, 0.5) is 10.1 Å². The Balaban J connectivity index is 2.42. The highest BCUT2D eigenvalue weighted by atomic mass is 32.2. The van der Waals surface area contributed by atoms with Crippen LogP contribution in [0.5, 0.6) is 0 Å². The number of aromatic carboxylic acids is 1. The summed E-state index contributed by atoms with van der Waals surface area (Å²) < 4.78 is 38.4. The summed E-state index contributed by atoms with van der Waals surface area (Å²) in [5, 5.41) is 8.71. The van der Waals surface area contributed by atoms with Crippen LogP contribution in [0.3, 0.4) is 0 Å². The van der Waals surface area contributed by atoms with E-state index in [0.29, 0.717) is 12.8 Å². The number of halogens is 1. The standard InChI is InChI=1S/C11H12FNO4S/c12-9-7-8(11(14)15)3-4-10(9)13-5-1-2-6-18(13,16)17/h3-4,7H,1-2,5-6H2,(H,14,15). The van der Waals surface area contributed by atoms with E-state index in [-0.39, 0.29) is 23.5 Å². The van der Waals surface area contributed by atoms with Crippen molar-refractivity contribution in [3.05, 3.63) is 29.6 Å². The van der Waals surface area contributed by atoms with Gasteiger partial charge in [0.2, 0.25) is 10.0 Å². The third-order valence-electron chi connectivity index (χ3n) is 2.81. The van der Waals surface area contributed by atoms with E-state index in [1.807, 2.05) is 0 Å². The number of rotatable bonds is 2. The average molecular weight is 273 g/mol. The van der Waals surface area contributed by atoms with E-state index in [1.54, 1.807) is 0 Å². The van der Waals surface area contributed by atoms with Gasteiger partial charge in [-0.15, -0.1) is 0 Å². The second kappa shape index (κ2) is 4.56. The fourth-order valence-corrected chi connectivity index (χ4v) is 3.55. The number of carbonyl (C=O) groups is 1. The molecule has 98 valence electrons. The lowest BCUT2D eigenvalue weighted by molar-refractivity contribution is 0.0696. The smallest absolute Gasteiger partial charge is 0.335 e. The molecule has 1 aromatic rings. The van der Waals surface area contributed by atoms with Gasteiger partial charge in [-0.2, -0.15) is 0 Å². The van der Waals surface area contributed by atoms with E-state index in [9.17, 15) is 17.6 Å². The van der Waals surface area contributed by atoms with Gasteiger partial charge in [0, 0.05) is 6.54 Å². The Morgan fingerprint density at radius 2 is 2.06 bits per heavy atom. The Kier molecular flexibility index (Phi) is 3.25. The van der Waals surface area contributed by atoms with Crippen LogP contribution in [0.2, 0.25) is 0 Å². The first-order valence-corrected chi connectivity index (χ1v) is 7.06. The zero-order valence-electron chi connectivity index (χ0n) is 9.47. The van der Waals surface area contributed by atoms with Crippen molar-refractivity contribution < 1.29 is 22.7 Å². The molecule has 18 heavy (non-hydrogen) atoms. The molecule has 0 radical (unpaired) electrons. The van der Waals surface area contributed by atoms with E-state index in [2.05, 4.69) is 0 Å². The zero-order valence-corrected chi connectivity index (χ0v) is 10.3. The van der Waals surface area contributed by atoms with Gasteiger partial charge in [0.05, 0.1) is 17.0 Å². The van der Waals surface area contributed by atoms with Crippen molar-refractivity contribution in [1.82, 2.24) is 0 Å². The maximum absolute atomic E-state index is 13.8. The Bertz CT molecular complexity index is 585. The lowest BCUT2D eigenvalue weighted by Crippen LogP contribution is -2.38. The Morgan fingerprint density at radius 1 is 1.33 bits per heavy atom. The molecule has 1 N–H and O–H groups in total. The van der Waals surface area contributed by atoms with Gasteiger partial charge in [-0.1, -0.05) is 0 Å². The quantitative estimate of drug-likeness (QED) is 0.885. The molecule has 0 aliphatic carbocycles. The van der Waals surface area contributed by atoms with Crippen molar-refractivity contribution in [3.8, 4) is 0 Å². The summed E-state index contributed by atoms with van der Waals surface area (Å²) in [5.74, 6) is -2.09. The molecule has 0 amide bonds. The molecule has 0 unspecified atom stereocenters. The summed E-state index contributed by atoms with van der Waals surface area (Å²) in [6.45, 7) is 0.228. The number of sulfonamides is 1. The summed E-state index contributed by atoms with van der Waals surface area (Å²) in [6.07, 6.45) is 1.23. The lowest BCUT2D eigenvalue weighted by atomic mass is 10.2. The molecule has 1 saturated heterocycles. The van der Waals surface area contributed by atoms with Crippen LogP contribution in [0.25, 0.3) is 0 Å². The van der Waals surface area contributed by atoms with Crippen LogP contribution in [0.15, 0.2) is 18.2 Å². The van der Waals surface area contributed by atoms with Crippen LogP contribution < -0.4 is 4.31 Å². The first kappa shape index (κ1) is 12.8. The first-order chi connectivity index (χ1) is 8.42. The minimum Gasteiger partial charge on any atom is -0.478 e. The van der Waals surface area contributed by atoms with Crippen LogP contribution >= 0.6 is 0 Å². The van der Waals surface area contributed by atoms with E-state index in [1.165, 1.54) is 12.1 Å². The highest BCUT2D eigenvalue weighted by molar-refractivity contribution is 7.92. The molecule has 1 aliphatic rings. The number of benzene rings is 1. The molecule has 2 rings (SSSR count). The third-order valence-corrected chi connectivity index (χ3v) is 4.67. The van der Waals surface area contributed by atoms with Gasteiger partial charge in [-0.3, -0.25) is 4.31 Å². The number of hydrogen-bond acceptors (Lipinski definition) is 3. The van der Waals surface area contributed by atoms with Crippen LogP contribution in [0, 0.1) is 5.82 Å². The number of hydrogen-bond donors (Lipinski definition) is 1. The van der Waals surface area contributed by atoms with Crippen LogP contribution in [-0.2, 0) is 10.0 Å². The van der Waals surface area contributed by atoms with E-state index in [0.717, 1.165) is 10.4 Å². The topological polar surface area (TPSA) is 74.7 Å². The number of carboxylic acid groups (broad SMARTS) is 1. The summed E-state index contributed by atoms with van der Waals surface area (Å²) in [6, 6.07) is 3.23. The molecular formula is C11H12FNO4S. The molecule has 1 fully saturated rings. The minimum absolute atomic E-state index is 0.00682. The monoisotopic (exact) mass is 273 g/mol. The van der Waals surface area contributed by atoms with Gasteiger partial charge >= 0.3 is 5.97 Å². The van der Waals surface area contributed by atoms with Gasteiger partial charge in [0.15, 0.2) is 0 Å². The Labute approximate surface area is 104 Å². The Morgan fingerprint density at radius 3 is 2.61 bits per heavy atom. The molecule has 1 aliphatic heterocycles. The maximum Gasteiger partial charge on any atom is 0.335 e. The van der Waals surface area contributed by atoms with Gasteiger partial charge in [0.25, 0.3) is 0 Å². The van der Waals surface area contributed by atoms with Crippen molar-refractivity contribution >= 4 is 21.7 Å². The molecule has 0 aromatic heterocycles. The zero-order chi connectivity index (χ0) is 13.3. The highest BCUT2D eigenvalue weighted by Crippen LogP contribution is 2.26. The van der Waals surface area contributed by atoms with Gasteiger partial charge in [-0.25, -0.2) is 17.6 Å². The largest absolute Gasteiger partial charge is 0.478 e. The molecule has 0 bridgehead atoms. The van der Waals surface area contributed by atoms with Crippen molar-refractivity contribution in [2.24, 2.45) is 0 Å². The van der Waals surface area contributed by atoms with Gasteiger partial charge in [0.1, 0.15) is 5.82 Å². The molecule has 7 heteroatoms. The third kappa shape index (κ3) is 2.31. The van der Waals surface area contributed by atoms with E-state index >= 15 is 0 Å². The molecular weight excluding hydrogens is 261 g/mol.